The standard InChI is InChI=1S/C64H40N2OSSi/c1-2-24-50-48(22-1)57(66-55-28-12-6-20-46(55)47-21-7-13-29-56(47)66)35-38-62(50)69(42-34-36-59-51(40-42)49-23-8-14-30-58(49)67-59)63-32-16-15-31-60(63)68-61-39-41(33-37-64(61)69)43-17-3-9-25-52(43)65-53-26-10-4-18-44(53)45-19-5-11-27-54(45)65/h1-40H. The summed E-state index contributed by atoms with van der Waals surface area (Å²) in [6, 6.07) is 90.5. The average Bonchev–Trinajstić information content (AvgIpc) is 4.07. The summed E-state index contributed by atoms with van der Waals surface area (Å²) in [6.07, 6.45) is 0. The van der Waals surface area contributed by atoms with Crippen molar-refractivity contribution in [2.75, 3.05) is 0 Å². The zero-order valence-electron chi connectivity index (χ0n) is 37.3. The van der Waals surface area contributed by atoms with Crippen molar-refractivity contribution < 1.29 is 4.42 Å². The Balaban J connectivity index is 1.03. The lowest BCUT2D eigenvalue weighted by atomic mass is 10.0. The van der Waals surface area contributed by atoms with Crippen molar-refractivity contribution in [1.29, 1.82) is 0 Å². The molecule has 1 atom stereocenters. The molecule has 11 aromatic carbocycles. The molecule has 14 aromatic rings. The monoisotopic (exact) mass is 912 g/mol. The summed E-state index contributed by atoms with van der Waals surface area (Å²) in [5.74, 6) is 0. The highest BCUT2D eigenvalue weighted by Crippen LogP contribution is 2.41. The second-order valence-electron chi connectivity index (χ2n) is 18.3. The Hall–Kier alpha value is -8.35. The maximum Gasteiger partial charge on any atom is 0.182 e. The van der Waals surface area contributed by atoms with Crippen LogP contribution in [0.15, 0.2) is 257 Å². The van der Waals surface area contributed by atoms with Crippen molar-refractivity contribution >= 4 is 117 Å². The van der Waals surface area contributed by atoms with Crippen LogP contribution in [0, 0.1) is 0 Å². The number of benzene rings is 11. The predicted molar refractivity (Wildman–Crippen MR) is 293 cm³/mol. The van der Waals surface area contributed by atoms with E-state index in [-0.39, 0.29) is 0 Å². The second kappa shape index (κ2) is 14.8. The summed E-state index contributed by atoms with van der Waals surface area (Å²) < 4.78 is 11.5. The summed E-state index contributed by atoms with van der Waals surface area (Å²) in [5, 5.41) is 15.3. The maximum atomic E-state index is 6.54. The Morgan fingerprint density at radius 3 is 1.52 bits per heavy atom. The third-order valence-corrected chi connectivity index (χ3v) is 21.3. The average molecular weight is 913 g/mol. The van der Waals surface area contributed by atoms with Gasteiger partial charge in [0.15, 0.2) is 8.07 Å². The fraction of sp³-hybridized carbons (Fsp3) is 0. The first-order chi connectivity index (χ1) is 34.2. The van der Waals surface area contributed by atoms with Gasteiger partial charge in [-0.1, -0.05) is 194 Å². The van der Waals surface area contributed by atoms with Gasteiger partial charge >= 0.3 is 0 Å². The molecule has 1 unspecified atom stereocenters. The minimum Gasteiger partial charge on any atom is -0.456 e. The van der Waals surface area contributed by atoms with E-state index in [4.69, 9.17) is 4.42 Å². The molecule has 5 heteroatoms. The zero-order valence-corrected chi connectivity index (χ0v) is 39.1. The summed E-state index contributed by atoms with van der Waals surface area (Å²) in [7, 11) is -3.17. The van der Waals surface area contributed by atoms with Gasteiger partial charge in [-0.3, -0.25) is 0 Å². The largest absolute Gasteiger partial charge is 0.456 e. The molecule has 69 heavy (non-hydrogen) atoms. The van der Waals surface area contributed by atoms with Crippen LogP contribution in [0.2, 0.25) is 0 Å². The van der Waals surface area contributed by atoms with Gasteiger partial charge in [-0.05, 0) is 92.4 Å². The van der Waals surface area contributed by atoms with E-state index < -0.39 is 8.07 Å². The molecule has 15 rings (SSSR count). The van der Waals surface area contributed by atoms with Gasteiger partial charge < -0.3 is 13.6 Å². The molecule has 3 nitrogen and oxygen atoms in total. The lowest BCUT2D eigenvalue weighted by Gasteiger charge is -2.41. The van der Waals surface area contributed by atoms with Gasteiger partial charge in [0.25, 0.3) is 0 Å². The summed E-state index contributed by atoms with van der Waals surface area (Å²) in [4.78, 5) is 2.60. The highest BCUT2D eigenvalue weighted by Gasteiger charge is 2.48. The van der Waals surface area contributed by atoms with Crippen LogP contribution in [0.1, 0.15) is 0 Å². The zero-order chi connectivity index (χ0) is 45.2. The van der Waals surface area contributed by atoms with E-state index in [1.165, 1.54) is 107 Å². The van der Waals surface area contributed by atoms with Gasteiger partial charge in [-0.2, -0.15) is 0 Å². The van der Waals surface area contributed by atoms with Gasteiger partial charge in [0.05, 0.1) is 33.4 Å². The minimum absolute atomic E-state index is 0.909. The van der Waals surface area contributed by atoms with Crippen molar-refractivity contribution in [3.05, 3.63) is 243 Å². The van der Waals surface area contributed by atoms with Gasteiger partial charge in [0.1, 0.15) is 11.2 Å². The highest BCUT2D eigenvalue weighted by atomic mass is 32.2. The molecular weight excluding hydrogens is 873 g/mol. The Labute approximate surface area is 403 Å². The van der Waals surface area contributed by atoms with E-state index in [1.54, 1.807) is 0 Å². The molecule has 0 fully saturated rings. The fourth-order valence-electron chi connectivity index (χ4n) is 12.0. The lowest BCUT2D eigenvalue weighted by molar-refractivity contribution is 0.669. The summed E-state index contributed by atoms with van der Waals surface area (Å²) in [6.45, 7) is 0. The molecule has 3 aromatic heterocycles. The van der Waals surface area contributed by atoms with Crippen LogP contribution in [0.5, 0.6) is 0 Å². The first kappa shape index (κ1) is 38.7. The molecule has 0 bridgehead atoms. The van der Waals surface area contributed by atoms with Crippen molar-refractivity contribution in [3.8, 4) is 22.5 Å². The number of aromatic nitrogens is 2. The van der Waals surface area contributed by atoms with Crippen LogP contribution in [0.25, 0.3) is 98.8 Å². The van der Waals surface area contributed by atoms with E-state index in [0.717, 1.165) is 21.9 Å². The quantitative estimate of drug-likeness (QED) is 0.161. The number of para-hydroxylation sites is 6. The third kappa shape index (κ3) is 5.45. The number of nitrogens with zero attached hydrogens (tertiary/aromatic N) is 2. The van der Waals surface area contributed by atoms with Gasteiger partial charge in [0, 0.05) is 53.1 Å². The molecule has 322 valence electrons. The summed E-state index contributed by atoms with van der Waals surface area (Å²) in [5.41, 5.74) is 11.4. The van der Waals surface area contributed by atoms with Gasteiger partial charge in [0.2, 0.25) is 0 Å². The molecule has 0 spiro atoms. The SMILES string of the molecule is c1ccc2c(c1)Sc1cc(-c3ccccc3-n3c4ccccc4c4ccccc43)ccc1[Si]2(c1ccc2oc3ccccc3c2c1)c1ccc(-n2c3ccccc3c3ccccc32)c2ccccc12. The van der Waals surface area contributed by atoms with E-state index in [1.807, 2.05) is 11.8 Å². The lowest BCUT2D eigenvalue weighted by Crippen LogP contribution is -2.76. The number of fused-ring (bicyclic) bond motifs is 12. The van der Waals surface area contributed by atoms with E-state index in [0.29, 0.717) is 0 Å². The van der Waals surface area contributed by atoms with Crippen LogP contribution in [-0.4, -0.2) is 17.2 Å². The maximum absolute atomic E-state index is 6.54. The molecule has 1 aliphatic heterocycles. The molecular formula is C64H40N2OSSi. The predicted octanol–water partition coefficient (Wildman–Crippen LogP) is 14.4. The Bertz CT molecular complexity index is 4340. The first-order valence-electron chi connectivity index (χ1n) is 23.7. The smallest absolute Gasteiger partial charge is 0.182 e. The number of rotatable bonds is 5. The van der Waals surface area contributed by atoms with E-state index >= 15 is 0 Å². The highest BCUT2D eigenvalue weighted by molar-refractivity contribution is 8.00. The van der Waals surface area contributed by atoms with Crippen LogP contribution < -0.4 is 20.7 Å². The molecule has 0 radical (unpaired) electrons. The van der Waals surface area contributed by atoms with Crippen LogP contribution in [-0.2, 0) is 0 Å². The number of furan rings is 1. The first-order valence-corrected chi connectivity index (χ1v) is 26.5. The van der Waals surface area contributed by atoms with Crippen molar-refractivity contribution in [2.24, 2.45) is 0 Å². The third-order valence-electron chi connectivity index (χ3n) is 14.9. The van der Waals surface area contributed by atoms with Crippen molar-refractivity contribution in [3.63, 3.8) is 0 Å². The Morgan fingerprint density at radius 1 is 0.319 bits per heavy atom. The molecule has 1 aliphatic rings. The summed E-state index contributed by atoms with van der Waals surface area (Å²) >= 11 is 1.91. The van der Waals surface area contributed by atoms with E-state index in [9.17, 15) is 0 Å². The number of hydrogen-bond acceptors (Lipinski definition) is 2. The van der Waals surface area contributed by atoms with Gasteiger partial charge in [-0.15, -0.1) is 0 Å². The molecule has 0 N–H and O–H groups in total. The van der Waals surface area contributed by atoms with Gasteiger partial charge in [-0.25, -0.2) is 0 Å². The van der Waals surface area contributed by atoms with E-state index in [2.05, 4.69) is 252 Å². The molecule has 0 saturated heterocycles. The van der Waals surface area contributed by atoms with Crippen molar-refractivity contribution in [1.82, 2.24) is 9.13 Å². The number of hydrogen-bond donors (Lipinski definition) is 0. The molecule has 0 amide bonds. The fourth-order valence-corrected chi connectivity index (χ4v) is 19.2. The Morgan fingerprint density at radius 2 is 0.826 bits per heavy atom. The second-order valence-corrected chi connectivity index (χ2v) is 23.1. The van der Waals surface area contributed by atoms with Crippen molar-refractivity contribution in [2.45, 2.75) is 9.79 Å². The van der Waals surface area contributed by atoms with Crippen LogP contribution in [0.4, 0.5) is 0 Å². The minimum atomic E-state index is -3.17. The molecule has 0 aliphatic carbocycles. The topological polar surface area (TPSA) is 23.0 Å². The normalized spacial score (nSPS) is 14.7. The Kier molecular flexibility index (Phi) is 8.32. The van der Waals surface area contributed by atoms with Crippen LogP contribution in [0.3, 0.4) is 0 Å². The molecule has 0 saturated carbocycles. The van der Waals surface area contributed by atoms with Crippen LogP contribution >= 0.6 is 11.8 Å². The molecule has 4 heterocycles.